The van der Waals surface area contributed by atoms with Crippen molar-refractivity contribution in [3.05, 3.63) is 29.3 Å². The molecule has 0 aromatic heterocycles. The first-order valence-corrected chi connectivity index (χ1v) is 6.86. The Balaban J connectivity index is 2.25. The number of benzene rings is 1. The molecule has 0 spiro atoms. The van der Waals surface area contributed by atoms with Crippen LogP contribution in [0, 0.1) is 0 Å². The Kier molecular flexibility index (Phi) is 7.28. The highest BCUT2D eigenvalue weighted by atomic mass is 35.5. The summed E-state index contributed by atoms with van der Waals surface area (Å²) in [4.78, 5) is 22.6. The van der Waals surface area contributed by atoms with E-state index in [0.717, 1.165) is 0 Å². The molecule has 0 N–H and O–H groups in total. The number of halogens is 5. The molecular weight excluding hydrogens is 344 g/mol. The van der Waals surface area contributed by atoms with Crippen molar-refractivity contribution in [2.75, 3.05) is 6.61 Å². The molecule has 23 heavy (non-hydrogen) atoms. The fourth-order valence-corrected chi connectivity index (χ4v) is 1.58. The van der Waals surface area contributed by atoms with E-state index in [1.54, 1.807) is 12.1 Å². The molecule has 0 aliphatic carbocycles. The van der Waals surface area contributed by atoms with Crippen LogP contribution in [-0.2, 0) is 14.3 Å². The molecule has 0 saturated heterocycles. The highest BCUT2D eigenvalue weighted by Crippen LogP contribution is 2.23. The van der Waals surface area contributed by atoms with Gasteiger partial charge >= 0.3 is 24.3 Å². The van der Waals surface area contributed by atoms with Gasteiger partial charge in [-0.05, 0) is 24.6 Å². The van der Waals surface area contributed by atoms with Crippen LogP contribution in [0.2, 0.25) is 5.02 Å². The largest absolute Gasteiger partial charge is 0.459 e. The summed E-state index contributed by atoms with van der Waals surface area (Å²) in [5, 5.41) is 0.374. The summed E-state index contributed by atoms with van der Waals surface area (Å²) in [5.74, 6) is -5.92. The first-order valence-electron chi connectivity index (χ1n) is 6.48. The number of alkyl halides is 4. The molecule has 1 aromatic rings. The Hall–Kier alpha value is -1.83. The Morgan fingerprint density at radius 1 is 1.17 bits per heavy atom. The van der Waals surface area contributed by atoms with E-state index >= 15 is 0 Å². The van der Waals surface area contributed by atoms with Gasteiger partial charge < -0.3 is 9.47 Å². The Labute approximate surface area is 134 Å². The van der Waals surface area contributed by atoms with Gasteiger partial charge in [-0.3, -0.25) is 9.59 Å². The minimum absolute atomic E-state index is 0.0293. The summed E-state index contributed by atoms with van der Waals surface area (Å²) in [7, 11) is 0. The fraction of sp³-hybridized carbons (Fsp3) is 0.429. The number of carbonyl (C=O) groups excluding carboxylic acids is 2. The number of esters is 2. The lowest BCUT2D eigenvalue weighted by atomic mass is 10.2. The van der Waals surface area contributed by atoms with Crippen LogP contribution in [0.25, 0.3) is 0 Å². The van der Waals surface area contributed by atoms with Crippen LogP contribution in [0.4, 0.5) is 17.6 Å². The van der Waals surface area contributed by atoms with Gasteiger partial charge in [-0.1, -0.05) is 17.7 Å². The number of hydrogen-bond acceptors (Lipinski definition) is 4. The number of hydrogen-bond donors (Lipinski definition) is 0. The first-order chi connectivity index (χ1) is 10.7. The van der Waals surface area contributed by atoms with E-state index in [1.807, 2.05) is 0 Å². The van der Waals surface area contributed by atoms with Gasteiger partial charge in [0.25, 0.3) is 0 Å². The molecular formula is C14H13ClF4O4. The normalized spacial score (nSPS) is 11.4. The molecule has 9 heteroatoms. The molecule has 0 unspecified atom stereocenters. The van der Waals surface area contributed by atoms with E-state index in [4.69, 9.17) is 16.3 Å². The maximum atomic E-state index is 12.5. The van der Waals surface area contributed by atoms with Gasteiger partial charge in [0.05, 0.1) is 0 Å². The van der Waals surface area contributed by atoms with Gasteiger partial charge in [-0.15, -0.1) is 0 Å². The summed E-state index contributed by atoms with van der Waals surface area (Å²) in [6.07, 6.45) is -4.49. The molecule has 1 aromatic carbocycles. The third kappa shape index (κ3) is 7.32. The Bertz CT molecular complexity index is 551. The predicted molar refractivity (Wildman–Crippen MR) is 72.8 cm³/mol. The Morgan fingerprint density at radius 3 is 2.43 bits per heavy atom. The standard InChI is InChI=1S/C14H13ClF4O4/c15-9-3-1-4-10(7-9)23-12(21)6-2-5-11(20)22-8-14(18,19)13(16)17/h1,3-4,7,13H,2,5-6,8H2. The molecule has 4 nitrogen and oxygen atoms in total. The molecule has 0 aliphatic heterocycles. The molecule has 0 amide bonds. The van der Waals surface area contributed by atoms with E-state index < -0.39 is 30.9 Å². The van der Waals surface area contributed by atoms with Gasteiger partial charge in [-0.25, -0.2) is 8.78 Å². The fourth-order valence-electron chi connectivity index (χ4n) is 1.40. The lowest BCUT2D eigenvalue weighted by molar-refractivity contribution is -0.179. The van der Waals surface area contributed by atoms with E-state index in [1.165, 1.54) is 12.1 Å². The van der Waals surface area contributed by atoms with E-state index in [2.05, 4.69) is 4.74 Å². The molecule has 0 heterocycles. The number of ether oxygens (including phenoxy) is 2. The van der Waals surface area contributed by atoms with Crippen LogP contribution in [0.3, 0.4) is 0 Å². The van der Waals surface area contributed by atoms with Gasteiger partial charge in [0.15, 0.2) is 6.61 Å². The SMILES string of the molecule is O=C(CCCC(=O)Oc1cccc(Cl)c1)OCC(F)(F)C(F)F. The lowest BCUT2D eigenvalue weighted by Gasteiger charge is -2.14. The van der Waals surface area contributed by atoms with Crippen molar-refractivity contribution in [3.63, 3.8) is 0 Å². The van der Waals surface area contributed by atoms with Crippen LogP contribution in [0.5, 0.6) is 5.75 Å². The maximum absolute atomic E-state index is 12.5. The molecule has 0 fully saturated rings. The lowest BCUT2D eigenvalue weighted by Crippen LogP contribution is -2.33. The molecule has 0 bridgehead atoms. The summed E-state index contributed by atoms with van der Waals surface area (Å²) in [5.41, 5.74) is 0. The summed E-state index contributed by atoms with van der Waals surface area (Å²) >= 11 is 5.70. The minimum Gasteiger partial charge on any atom is -0.459 e. The van der Waals surface area contributed by atoms with Crippen molar-refractivity contribution in [2.24, 2.45) is 0 Å². The topological polar surface area (TPSA) is 52.6 Å². The molecule has 128 valence electrons. The first kappa shape index (κ1) is 19.2. The van der Waals surface area contributed by atoms with E-state index in [9.17, 15) is 27.2 Å². The zero-order valence-corrected chi connectivity index (χ0v) is 12.5. The second-order valence-electron chi connectivity index (χ2n) is 4.51. The second-order valence-corrected chi connectivity index (χ2v) is 4.94. The van der Waals surface area contributed by atoms with E-state index in [-0.39, 0.29) is 25.0 Å². The van der Waals surface area contributed by atoms with Gasteiger partial charge in [0.2, 0.25) is 0 Å². The number of rotatable bonds is 8. The third-order valence-corrected chi connectivity index (χ3v) is 2.77. The quantitative estimate of drug-likeness (QED) is 0.403. The van der Waals surface area contributed by atoms with Crippen LogP contribution >= 0.6 is 11.6 Å². The van der Waals surface area contributed by atoms with Gasteiger partial charge in [0, 0.05) is 17.9 Å². The Morgan fingerprint density at radius 2 is 1.83 bits per heavy atom. The predicted octanol–water partition coefficient (Wildman–Crippen LogP) is 3.86. The van der Waals surface area contributed by atoms with Crippen molar-refractivity contribution in [1.29, 1.82) is 0 Å². The molecule has 0 saturated carbocycles. The van der Waals surface area contributed by atoms with Crippen LogP contribution < -0.4 is 4.74 Å². The van der Waals surface area contributed by atoms with Crippen molar-refractivity contribution in [1.82, 2.24) is 0 Å². The van der Waals surface area contributed by atoms with Gasteiger partial charge in [0.1, 0.15) is 5.75 Å². The van der Waals surface area contributed by atoms with Crippen LogP contribution in [0.15, 0.2) is 24.3 Å². The number of carbonyl (C=O) groups is 2. The van der Waals surface area contributed by atoms with Gasteiger partial charge in [-0.2, -0.15) is 8.78 Å². The molecule has 0 radical (unpaired) electrons. The van der Waals surface area contributed by atoms with Crippen molar-refractivity contribution >= 4 is 23.5 Å². The maximum Gasteiger partial charge on any atom is 0.340 e. The van der Waals surface area contributed by atoms with Crippen molar-refractivity contribution in [3.8, 4) is 5.75 Å². The minimum atomic E-state index is -4.39. The third-order valence-electron chi connectivity index (χ3n) is 2.53. The molecule has 0 aliphatic rings. The summed E-state index contributed by atoms with van der Waals surface area (Å²) in [6, 6.07) is 6.08. The summed E-state index contributed by atoms with van der Waals surface area (Å²) in [6.45, 7) is -1.70. The smallest absolute Gasteiger partial charge is 0.340 e. The van der Waals surface area contributed by atoms with E-state index in [0.29, 0.717) is 5.02 Å². The van der Waals surface area contributed by atoms with Crippen molar-refractivity contribution in [2.45, 2.75) is 31.6 Å². The average Bonchev–Trinajstić information content (AvgIpc) is 2.45. The highest BCUT2D eigenvalue weighted by molar-refractivity contribution is 6.30. The summed E-state index contributed by atoms with van der Waals surface area (Å²) < 4.78 is 57.7. The highest BCUT2D eigenvalue weighted by Gasteiger charge is 2.42. The van der Waals surface area contributed by atoms with Crippen LogP contribution in [0.1, 0.15) is 19.3 Å². The second kappa shape index (κ2) is 8.71. The molecule has 1 rings (SSSR count). The average molecular weight is 357 g/mol. The van der Waals surface area contributed by atoms with Crippen LogP contribution in [-0.4, -0.2) is 30.9 Å². The molecule has 0 atom stereocenters. The van der Waals surface area contributed by atoms with Crippen molar-refractivity contribution < 1.29 is 36.6 Å². The zero-order valence-electron chi connectivity index (χ0n) is 11.7. The monoisotopic (exact) mass is 356 g/mol. The zero-order chi connectivity index (χ0) is 17.5.